The van der Waals surface area contributed by atoms with Crippen molar-refractivity contribution in [3.63, 3.8) is 0 Å². The summed E-state index contributed by atoms with van der Waals surface area (Å²) in [4.78, 5) is 2.34. The zero-order valence-electron chi connectivity index (χ0n) is 31.5. The third kappa shape index (κ3) is 6.66. The first-order chi connectivity index (χ1) is 28.3. The molecule has 0 bridgehead atoms. The van der Waals surface area contributed by atoms with Gasteiger partial charge in [-0.05, 0) is 126 Å². The van der Waals surface area contributed by atoms with E-state index in [4.69, 9.17) is 0 Å². The Morgan fingerprint density at radius 2 is 0.614 bits per heavy atom. The molecule has 10 rings (SSSR count). The smallest absolute Gasteiger partial charge is 0.0462 e. The first-order valence-electron chi connectivity index (χ1n) is 19.6. The quantitative estimate of drug-likeness (QED) is 0.141. The Kier molecular flexibility index (Phi) is 8.95. The minimum absolute atomic E-state index is 1.10. The van der Waals surface area contributed by atoms with Crippen LogP contribution in [0.1, 0.15) is 0 Å². The fourth-order valence-electron chi connectivity index (χ4n) is 8.22. The van der Waals surface area contributed by atoms with Crippen LogP contribution in [0.3, 0.4) is 0 Å². The van der Waals surface area contributed by atoms with Crippen LogP contribution in [0.2, 0.25) is 0 Å². The van der Waals surface area contributed by atoms with Crippen LogP contribution in [0, 0.1) is 0 Å². The van der Waals surface area contributed by atoms with Gasteiger partial charge in [-0.2, -0.15) is 0 Å². The predicted molar refractivity (Wildman–Crippen MR) is 243 cm³/mol. The zero-order chi connectivity index (χ0) is 38.0. The molecule has 268 valence electrons. The minimum Gasteiger partial charge on any atom is -0.311 e. The van der Waals surface area contributed by atoms with Crippen molar-refractivity contribution in [2.75, 3.05) is 4.90 Å². The molecule has 0 spiro atoms. The topological polar surface area (TPSA) is 3.24 Å². The van der Waals surface area contributed by atoms with Crippen molar-refractivity contribution >= 4 is 38.6 Å². The number of nitrogens with zero attached hydrogens (tertiary/aromatic N) is 1. The van der Waals surface area contributed by atoms with Crippen molar-refractivity contribution in [3.8, 4) is 55.6 Å². The van der Waals surface area contributed by atoms with E-state index in [1.54, 1.807) is 0 Å². The van der Waals surface area contributed by atoms with E-state index in [1.165, 1.54) is 77.2 Å². The number of benzene rings is 10. The molecule has 0 saturated heterocycles. The second kappa shape index (κ2) is 15.0. The van der Waals surface area contributed by atoms with Crippen LogP contribution >= 0.6 is 0 Å². The van der Waals surface area contributed by atoms with Gasteiger partial charge in [0.2, 0.25) is 0 Å². The highest BCUT2D eigenvalue weighted by Crippen LogP contribution is 2.41. The lowest BCUT2D eigenvalue weighted by atomic mass is 9.90. The van der Waals surface area contributed by atoms with Gasteiger partial charge in [-0.15, -0.1) is 0 Å². The highest BCUT2D eigenvalue weighted by molar-refractivity contribution is 6.13. The average Bonchev–Trinajstić information content (AvgIpc) is 3.30. The standard InChI is InChI=1S/C56H39N/c1-4-14-40(15-5-1)41-24-26-44(27-25-41)55-38-46(32-37-52(55)43-16-6-2-7-17-43)42-28-33-49(34-29-42)57(48-19-8-3-9-20-48)50-35-30-45(31-36-50)56-39-47-18-10-11-21-51(47)53-22-12-13-23-54(53)56/h1-39H. The predicted octanol–water partition coefficient (Wildman–Crippen LogP) is 15.8. The molecule has 0 aliphatic rings. The van der Waals surface area contributed by atoms with Gasteiger partial charge in [0.05, 0.1) is 0 Å². The molecule has 0 N–H and O–H groups in total. The van der Waals surface area contributed by atoms with E-state index in [0.717, 1.165) is 17.1 Å². The van der Waals surface area contributed by atoms with Crippen molar-refractivity contribution < 1.29 is 0 Å². The summed E-state index contributed by atoms with van der Waals surface area (Å²) in [5.74, 6) is 0. The molecule has 0 atom stereocenters. The highest BCUT2D eigenvalue weighted by Gasteiger charge is 2.16. The average molecular weight is 726 g/mol. The molecule has 10 aromatic carbocycles. The fourth-order valence-corrected chi connectivity index (χ4v) is 8.22. The Hall–Kier alpha value is -7.48. The lowest BCUT2D eigenvalue weighted by molar-refractivity contribution is 1.28. The van der Waals surface area contributed by atoms with Crippen LogP contribution in [0.4, 0.5) is 17.1 Å². The lowest BCUT2D eigenvalue weighted by Gasteiger charge is -2.26. The van der Waals surface area contributed by atoms with Crippen molar-refractivity contribution in [2.24, 2.45) is 0 Å². The number of para-hydroxylation sites is 1. The van der Waals surface area contributed by atoms with E-state index in [0.29, 0.717) is 0 Å². The zero-order valence-corrected chi connectivity index (χ0v) is 31.5. The molecule has 0 aliphatic heterocycles. The first-order valence-corrected chi connectivity index (χ1v) is 19.6. The molecule has 57 heavy (non-hydrogen) atoms. The molecule has 10 aromatic rings. The maximum atomic E-state index is 2.35. The molecular formula is C56H39N. The Labute approximate surface area is 334 Å². The number of fused-ring (bicyclic) bond motifs is 3. The molecule has 0 saturated carbocycles. The van der Waals surface area contributed by atoms with Gasteiger partial charge in [0, 0.05) is 17.1 Å². The van der Waals surface area contributed by atoms with Crippen LogP contribution in [0.15, 0.2) is 237 Å². The number of rotatable bonds is 8. The van der Waals surface area contributed by atoms with Crippen molar-refractivity contribution in [1.82, 2.24) is 0 Å². The maximum absolute atomic E-state index is 2.35. The Balaban J connectivity index is 1.01. The van der Waals surface area contributed by atoms with Crippen LogP contribution in [0.25, 0.3) is 77.2 Å². The third-order valence-corrected chi connectivity index (χ3v) is 11.1. The van der Waals surface area contributed by atoms with Gasteiger partial charge in [-0.3, -0.25) is 0 Å². The van der Waals surface area contributed by atoms with E-state index in [2.05, 4.69) is 241 Å². The van der Waals surface area contributed by atoms with Gasteiger partial charge in [0.15, 0.2) is 0 Å². The van der Waals surface area contributed by atoms with Crippen molar-refractivity contribution in [2.45, 2.75) is 0 Å². The van der Waals surface area contributed by atoms with Crippen molar-refractivity contribution in [3.05, 3.63) is 237 Å². The second-order valence-electron chi connectivity index (χ2n) is 14.5. The van der Waals surface area contributed by atoms with Gasteiger partial charge in [0.25, 0.3) is 0 Å². The first kappa shape index (κ1) is 34.0. The molecule has 0 aromatic heterocycles. The Morgan fingerprint density at radius 3 is 1.28 bits per heavy atom. The molecule has 0 fully saturated rings. The van der Waals surface area contributed by atoms with E-state index < -0.39 is 0 Å². The normalized spacial score (nSPS) is 11.2. The maximum Gasteiger partial charge on any atom is 0.0462 e. The summed E-state index contributed by atoms with van der Waals surface area (Å²) in [7, 11) is 0. The summed E-state index contributed by atoms with van der Waals surface area (Å²) in [6.45, 7) is 0. The summed E-state index contributed by atoms with van der Waals surface area (Å²) < 4.78 is 0. The fraction of sp³-hybridized carbons (Fsp3) is 0. The third-order valence-electron chi connectivity index (χ3n) is 11.1. The molecule has 0 heterocycles. The van der Waals surface area contributed by atoms with Crippen LogP contribution in [-0.2, 0) is 0 Å². The minimum atomic E-state index is 1.10. The van der Waals surface area contributed by atoms with E-state index in [-0.39, 0.29) is 0 Å². The lowest BCUT2D eigenvalue weighted by Crippen LogP contribution is -2.09. The molecule has 0 aliphatic carbocycles. The van der Waals surface area contributed by atoms with Gasteiger partial charge in [-0.1, -0.05) is 188 Å². The van der Waals surface area contributed by atoms with E-state index in [1.807, 2.05) is 0 Å². The summed E-state index contributed by atoms with van der Waals surface area (Å²) in [6, 6.07) is 85.5. The Bertz CT molecular complexity index is 2950. The number of hydrogen-bond donors (Lipinski definition) is 0. The molecule has 0 amide bonds. The van der Waals surface area contributed by atoms with Gasteiger partial charge < -0.3 is 4.90 Å². The van der Waals surface area contributed by atoms with Crippen LogP contribution < -0.4 is 4.90 Å². The number of hydrogen-bond acceptors (Lipinski definition) is 1. The molecule has 0 unspecified atom stereocenters. The summed E-state index contributed by atoms with van der Waals surface area (Å²) in [5, 5.41) is 5.09. The monoisotopic (exact) mass is 725 g/mol. The molecule has 1 heteroatoms. The van der Waals surface area contributed by atoms with Gasteiger partial charge in [-0.25, -0.2) is 0 Å². The van der Waals surface area contributed by atoms with Gasteiger partial charge >= 0.3 is 0 Å². The van der Waals surface area contributed by atoms with Crippen molar-refractivity contribution in [1.29, 1.82) is 0 Å². The Morgan fingerprint density at radius 1 is 0.211 bits per heavy atom. The molecular weight excluding hydrogens is 687 g/mol. The molecule has 0 radical (unpaired) electrons. The summed E-state index contributed by atoms with van der Waals surface area (Å²) in [5.41, 5.74) is 15.4. The highest BCUT2D eigenvalue weighted by atomic mass is 15.1. The SMILES string of the molecule is c1ccc(-c2ccc(-c3cc(-c4ccc(N(c5ccccc5)c5ccc(-c6cc7ccccc7c7ccccc67)cc5)cc4)ccc3-c3ccccc3)cc2)cc1. The largest absolute Gasteiger partial charge is 0.311 e. The van der Waals surface area contributed by atoms with Crippen LogP contribution in [-0.4, -0.2) is 0 Å². The summed E-state index contributed by atoms with van der Waals surface area (Å²) in [6.07, 6.45) is 0. The van der Waals surface area contributed by atoms with Crippen LogP contribution in [0.5, 0.6) is 0 Å². The van der Waals surface area contributed by atoms with E-state index >= 15 is 0 Å². The second-order valence-corrected chi connectivity index (χ2v) is 14.5. The molecule has 1 nitrogen and oxygen atoms in total. The van der Waals surface area contributed by atoms with E-state index in [9.17, 15) is 0 Å². The summed E-state index contributed by atoms with van der Waals surface area (Å²) >= 11 is 0. The number of anilines is 3. The van der Waals surface area contributed by atoms with Gasteiger partial charge in [0.1, 0.15) is 0 Å².